The molecule has 10 N–H and O–H groups in total. The normalized spacial score (nSPS) is 13.9. The maximum absolute atomic E-state index is 15.0. The molecule has 15 nitrogen and oxygen atoms in total. The molecule has 7 aromatic rings. The largest absolute Gasteiger partial charge is 0.480 e. The number of H-pyrrole nitrogens is 2. The van der Waals surface area contributed by atoms with Crippen LogP contribution in [0.25, 0.3) is 21.8 Å². The summed E-state index contributed by atoms with van der Waals surface area (Å²) in [5, 5.41) is 25.9. The number of para-hydroxylation sites is 2. The zero-order valence-corrected chi connectivity index (χ0v) is 39.2. The third kappa shape index (κ3) is 13.6. The number of carbonyl (C=O) groups excluding carboxylic acids is 5. The van der Waals surface area contributed by atoms with Crippen LogP contribution in [-0.4, -0.2) is 86.8 Å². The van der Waals surface area contributed by atoms with Crippen LogP contribution in [0.4, 0.5) is 0 Å². The summed E-state index contributed by atoms with van der Waals surface area (Å²) in [6, 6.07) is 35.2. The highest BCUT2D eigenvalue weighted by atomic mass is 16.4. The molecule has 0 aliphatic rings. The van der Waals surface area contributed by atoms with Crippen LogP contribution >= 0.6 is 0 Å². The Kier molecular flexibility index (Phi) is 17.0. The summed E-state index contributed by atoms with van der Waals surface area (Å²) in [6.45, 7) is 3.75. The van der Waals surface area contributed by atoms with Gasteiger partial charge in [0.1, 0.15) is 30.2 Å². The minimum absolute atomic E-state index is 0.0150. The zero-order chi connectivity index (χ0) is 49.6. The third-order valence-corrected chi connectivity index (χ3v) is 12.3. The molecule has 362 valence electrons. The van der Waals surface area contributed by atoms with Gasteiger partial charge in [-0.05, 0) is 58.7 Å². The van der Waals surface area contributed by atoms with Crippen molar-refractivity contribution in [3.8, 4) is 0 Å². The van der Waals surface area contributed by atoms with E-state index in [-0.39, 0.29) is 44.4 Å². The highest BCUT2D eigenvalue weighted by Crippen LogP contribution is 2.22. The predicted molar refractivity (Wildman–Crippen MR) is 269 cm³/mol. The monoisotopic (exact) mass is 944 g/mol. The number of aliphatic carboxylic acids is 1. The molecule has 15 heteroatoms. The molecular weight excluding hydrogens is 885 g/mol. The highest BCUT2D eigenvalue weighted by Gasteiger charge is 2.34. The summed E-state index contributed by atoms with van der Waals surface area (Å²) in [4.78, 5) is 90.9. The fraction of sp³-hybridized carbons (Fsp3) is 0.273. The molecule has 5 aromatic carbocycles. The predicted octanol–water partition coefficient (Wildman–Crippen LogP) is 5.04. The van der Waals surface area contributed by atoms with Crippen molar-refractivity contribution < 1.29 is 33.9 Å². The standard InChI is InChI=1S/C55H60N8O7/c1-34(2)26-45(51(65)63-49(55(69)70)29-37-20-10-5-11-21-37)60-53(67)47(30-38-32-57-43-24-14-12-22-40(38)43)62-54(68)48(31-39-33-58-44-25-15-13-23-41(39)44)61-52(66)46(28-36-18-8-4-9-19-36)59-50(64)42(56)27-35-16-6-3-7-17-35/h3-25,32-34,42,45-49,57-58H,26-31,56H2,1-2H3,(H,59,64)(H,60,67)(H,61,66)(H,62,68)(H,63,65)(H,69,70)/t42-,45-,46-,47-,48-,49-/m0/s1. The molecule has 0 unspecified atom stereocenters. The van der Waals surface area contributed by atoms with E-state index in [4.69, 9.17) is 5.73 Å². The number of aromatic nitrogens is 2. The Balaban J connectivity index is 1.18. The second-order valence-corrected chi connectivity index (χ2v) is 18.1. The lowest BCUT2D eigenvalue weighted by atomic mass is 9.99. The average molecular weight is 945 g/mol. The topological polar surface area (TPSA) is 240 Å². The van der Waals surface area contributed by atoms with E-state index >= 15 is 0 Å². The highest BCUT2D eigenvalue weighted by molar-refractivity contribution is 5.97. The van der Waals surface area contributed by atoms with Gasteiger partial charge in [-0.1, -0.05) is 141 Å². The minimum atomic E-state index is -1.30. The summed E-state index contributed by atoms with van der Waals surface area (Å²) in [5.41, 5.74) is 11.7. The van der Waals surface area contributed by atoms with Gasteiger partial charge in [0, 0.05) is 59.9 Å². The first-order valence-corrected chi connectivity index (χ1v) is 23.5. The Morgan fingerprint density at radius 1 is 0.443 bits per heavy atom. The van der Waals surface area contributed by atoms with Crippen molar-refractivity contribution in [3.05, 3.63) is 180 Å². The molecule has 70 heavy (non-hydrogen) atoms. The van der Waals surface area contributed by atoms with Gasteiger partial charge in [0.25, 0.3) is 0 Å². The number of nitrogens with two attached hydrogens (primary N) is 1. The van der Waals surface area contributed by atoms with Crippen molar-refractivity contribution >= 4 is 57.3 Å². The zero-order valence-electron chi connectivity index (χ0n) is 39.2. The number of amides is 5. The van der Waals surface area contributed by atoms with Gasteiger partial charge in [0.05, 0.1) is 6.04 Å². The Labute approximate surface area is 406 Å². The molecule has 0 aliphatic heterocycles. The van der Waals surface area contributed by atoms with Crippen LogP contribution in [-0.2, 0) is 60.9 Å². The summed E-state index contributed by atoms with van der Waals surface area (Å²) in [5.74, 6) is -4.65. The first-order chi connectivity index (χ1) is 33.8. The van der Waals surface area contributed by atoms with Gasteiger partial charge in [-0.2, -0.15) is 0 Å². The van der Waals surface area contributed by atoms with Gasteiger partial charge in [-0.3, -0.25) is 24.0 Å². The number of aromatic amines is 2. The van der Waals surface area contributed by atoms with Crippen molar-refractivity contribution in [1.82, 2.24) is 36.6 Å². The SMILES string of the molecule is CC(C)C[C@H](NC(=O)[C@H](Cc1c[nH]c2ccccc12)NC(=O)[C@H](Cc1c[nH]c2ccccc12)NC(=O)[C@H](Cc1ccccc1)NC(=O)[C@@H](N)Cc1ccccc1)C(=O)N[C@@H](Cc1ccccc1)C(=O)O. The number of carbonyl (C=O) groups is 6. The van der Waals surface area contributed by atoms with Gasteiger partial charge in [-0.15, -0.1) is 0 Å². The van der Waals surface area contributed by atoms with E-state index < -0.39 is 71.8 Å². The Morgan fingerprint density at radius 3 is 1.23 bits per heavy atom. The number of hydrogen-bond acceptors (Lipinski definition) is 7. The maximum atomic E-state index is 15.0. The van der Waals surface area contributed by atoms with E-state index in [0.29, 0.717) is 16.7 Å². The first kappa shape index (κ1) is 49.9. The van der Waals surface area contributed by atoms with E-state index in [0.717, 1.165) is 32.9 Å². The summed E-state index contributed by atoms with van der Waals surface area (Å²) in [6.07, 6.45) is 3.96. The van der Waals surface area contributed by atoms with E-state index in [1.807, 2.05) is 129 Å². The summed E-state index contributed by atoms with van der Waals surface area (Å²) >= 11 is 0. The quantitative estimate of drug-likeness (QED) is 0.0420. The van der Waals surface area contributed by atoms with E-state index in [1.165, 1.54) is 0 Å². The molecule has 2 heterocycles. The molecule has 7 rings (SSSR count). The molecule has 5 amide bonds. The molecule has 0 radical (unpaired) electrons. The number of rotatable bonds is 23. The lowest BCUT2D eigenvalue weighted by molar-refractivity contribution is -0.142. The van der Waals surface area contributed by atoms with Crippen molar-refractivity contribution in [2.24, 2.45) is 11.7 Å². The smallest absolute Gasteiger partial charge is 0.326 e. The van der Waals surface area contributed by atoms with Crippen LogP contribution in [0, 0.1) is 5.92 Å². The molecule has 6 atom stereocenters. The molecule has 0 saturated carbocycles. The fourth-order valence-corrected chi connectivity index (χ4v) is 8.60. The Morgan fingerprint density at radius 2 is 0.786 bits per heavy atom. The molecule has 0 saturated heterocycles. The lowest BCUT2D eigenvalue weighted by Gasteiger charge is -2.28. The van der Waals surface area contributed by atoms with Crippen LogP contribution in [0.15, 0.2) is 152 Å². The van der Waals surface area contributed by atoms with Gasteiger partial charge in [-0.25, -0.2) is 4.79 Å². The summed E-state index contributed by atoms with van der Waals surface area (Å²) < 4.78 is 0. The number of carboxylic acids is 1. The second kappa shape index (κ2) is 23.8. The number of nitrogens with one attached hydrogen (secondary N) is 7. The summed E-state index contributed by atoms with van der Waals surface area (Å²) in [7, 11) is 0. The van der Waals surface area contributed by atoms with Crippen LogP contribution < -0.4 is 32.3 Å². The third-order valence-electron chi connectivity index (χ3n) is 12.3. The number of fused-ring (bicyclic) bond motifs is 2. The van der Waals surface area contributed by atoms with Gasteiger partial charge >= 0.3 is 5.97 Å². The maximum Gasteiger partial charge on any atom is 0.326 e. The average Bonchev–Trinajstić information content (AvgIpc) is 3.97. The van der Waals surface area contributed by atoms with Crippen molar-refractivity contribution in [1.29, 1.82) is 0 Å². The van der Waals surface area contributed by atoms with Crippen LogP contribution in [0.5, 0.6) is 0 Å². The van der Waals surface area contributed by atoms with E-state index in [9.17, 15) is 33.9 Å². The molecule has 0 fully saturated rings. The molecule has 0 bridgehead atoms. The fourth-order valence-electron chi connectivity index (χ4n) is 8.60. The van der Waals surface area contributed by atoms with E-state index in [1.54, 1.807) is 36.7 Å². The van der Waals surface area contributed by atoms with Gasteiger partial charge < -0.3 is 47.4 Å². The molecule has 2 aromatic heterocycles. The molecular formula is C55H60N8O7. The second-order valence-electron chi connectivity index (χ2n) is 18.1. The van der Waals surface area contributed by atoms with Gasteiger partial charge in [0.15, 0.2) is 0 Å². The first-order valence-electron chi connectivity index (χ1n) is 23.5. The molecule has 0 aliphatic carbocycles. The Bertz CT molecular complexity index is 2880. The van der Waals surface area contributed by atoms with E-state index in [2.05, 4.69) is 36.6 Å². The Hall–Kier alpha value is -8.04. The van der Waals surface area contributed by atoms with Crippen LogP contribution in [0.3, 0.4) is 0 Å². The molecule has 0 spiro atoms. The van der Waals surface area contributed by atoms with Crippen LogP contribution in [0.2, 0.25) is 0 Å². The number of carboxylic acid groups (broad SMARTS) is 1. The lowest BCUT2D eigenvalue weighted by Crippen LogP contribution is -2.60. The van der Waals surface area contributed by atoms with Crippen molar-refractivity contribution in [3.63, 3.8) is 0 Å². The van der Waals surface area contributed by atoms with Crippen LogP contribution in [0.1, 0.15) is 48.1 Å². The van der Waals surface area contributed by atoms with Crippen molar-refractivity contribution in [2.45, 2.75) is 88.6 Å². The number of hydrogen-bond donors (Lipinski definition) is 9. The van der Waals surface area contributed by atoms with Gasteiger partial charge in [0.2, 0.25) is 29.5 Å². The minimum Gasteiger partial charge on any atom is -0.480 e. The van der Waals surface area contributed by atoms with Crippen molar-refractivity contribution in [2.75, 3.05) is 0 Å². The number of benzene rings is 5.